The quantitative estimate of drug-likeness (QED) is 0.805. The van der Waals surface area contributed by atoms with Crippen molar-refractivity contribution in [2.45, 2.75) is 51.5 Å². The first kappa shape index (κ1) is 14.2. The van der Waals surface area contributed by atoms with Crippen LogP contribution in [-0.4, -0.2) is 41.1 Å². The van der Waals surface area contributed by atoms with E-state index < -0.39 is 11.9 Å². The fourth-order valence-corrected chi connectivity index (χ4v) is 3.14. The van der Waals surface area contributed by atoms with Crippen LogP contribution in [0.1, 0.15) is 45.4 Å². The van der Waals surface area contributed by atoms with E-state index in [-0.39, 0.29) is 12.1 Å². The van der Waals surface area contributed by atoms with Crippen LogP contribution in [0.25, 0.3) is 0 Å². The number of carboxylic acid groups (broad SMARTS) is 1. The van der Waals surface area contributed by atoms with Crippen LogP contribution in [0.5, 0.6) is 0 Å². The first-order valence-electron chi connectivity index (χ1n) is 7.36. The van der Waals surface area contributed by atoms with Gasteiger partial charge in [-0.1, -0.05) is 19.8 Å². The Hall–Kier alpha value is -1.26. The minimum atomic E-state index is -0.788. The van der Waals surface area contributed by atoms with Gasteiger partial charge in [0.1, 0.15) is 0 Å². The van der Waals surface area contributed by atoms with Crippen LogP contribution in [0.4, 0.5) is 4.79 Å². The molecule has 0 spiro atoms. The van der Waals surface area contributed by atoms with E-state index in [1.165, 1.54) is 19.3 Å². The molecule has 1 heterocycles. The normalized spacial score (nSPS) is 31.8. The van der Waals surface area contributed by atoms with E-state index in [0.717, 1.165) is 12.8 Å². The van der Waals surface area contributed by atoms with Gasteiger partial charge >= 0.3 is 12.0 Å². The smallest absolute Gasteiger partial charge is 0.317 e. The molecule has 2 amide bonds. The lowest BCUT2D eigenvalue weighted by atomic mass is 9.86. The first-order chi connectivity index (χ1) is 9.08. The molecule has 0 radical (unpaired) electrons. The number of piperidine rings is 1. The van der Waals surface area contributed by atoms with E-state index in [0.29, 0.717) is 25.4 Å². The van der Waals surface area contributed by atoms with Gasteiger partial charge in [-0.05, 0) is 31.6 Å². The summed E-state index contributed by atoms with van der Waals surface area (Å²) < 4.78 is 0. The van der Waals surface area contributed by atoms with E-state index in [1.807, 2.05) is 0 Å². The zero-order valence-electron chi connectivity index (χ0n) is 11.6. The molecule has 5 nitrogen and oxygen atoms in total. The lowest BCUT2D eigenvalue weighted by Gasteiger charge is -2.35. The highest BCUT2D eigenvalue weighted by atomic mass is 16.4. The minimum Gasteiger partial charge on any atom is -0.481 e. The Morgan fingerprint density at radius 3 is 2.58 bits per heavy atom. The maximum absolute atomic E-state index is 12.2. The van der Waals surface area contributed by atoms with Gasteiger partial charge in [-0.25, -0.2) is 4.79 Å². The number of likely N-dealkylation sites (tertiary alicyclic amines) is 1. The number of carbonyl (C=O) groups excluding carboxylic acids is 1. The van der Waals surface area contributed by atoms with Crippen LogP contribution < -0.4 is 5.32 Å². The Labute approximate surface area is 114 Å². The summed E-state index contributed by atoms with van der Waals surface area (Å²) in [5, 5.41) is 12.1. The van der Waals surface area contributed by atoms with Crippen LogP contribution in [0, 0.1) is 11.8 Å². The van der Waals surface area contributed by atoms with Gasteiger partial charge in [0.25, 0.3) is 0 Å². The predicted octanol–water partition coefficient (Wildman–Crippen LogP) is 2.07. The SMILES string of the molecule is CC1CCCCC1NC(=O)N1CCC[C@@H](C(=O)O)C1. The summed E-state index contributed by atoms with van der Waals surface area (Å²) in [7, 11) is 0. The largest absolute Gasteiger partial charge is 0.481 e. The lowest BCUT2D eigenvalue weighted by Crippen LogP contribution is -2.51. The standard InChI is InChI=1S/C14H24N2O3/c1-10-5-2-3-7-12(10)15-14(19)16-8-4-6-11(9-16)13(17)18/h10-12H,2-9H2,1H3,(H,15,19)(H,17,18)/t10?,11-,12?/m1/s1. The Morgan fingerprint density at radius 2 is 1.89 bits per heavy atom. The average Bonchev–Trinajstić information content (AvgIpc) is 2.41. The Bertz CT molecular complexity index is 346. The van der Waals surface area contributed by atoms with Crippen molar-refractivity contribution in [1.29, 1.82) is 0 Å². The van der Waals surface area contributed by atoms with Crippen molar-refractivity contribution in [2.75, 3.05) is 13.1 Å². The number of amides is 2. The molecule has 2 rings (SSSR count). The van der Waals surface area contributed by atoms with Crippen molar-refractivity contribution in [2.24, 2.45) is 11.8 Å². The van der Waals surface area contributed by atoms with Gasteiger partial charge in [0.2, 0.25) is 0 Å². The minimum absolute atomic E-state index is 0.0790. The van der Waals surface area contributed by atoms with Crippen molar-refractivity contribution < 1.29 is 14.7 Å². The van der Waals surface area contributed by atoms with E-state index >= 15 is 0 Å². The molecule has 1 saturated carbocycles. The third-order valence-electron chi connectivity index (χ3n) is 4.48. The van der Waals surface area contributed by atoms with Gasteiger partial charge in [0.15, 0.2) is 0 Å². The molecule has 2 fully saturated rings. The molecule has 19 heavy (non-hydrogen) atoms. The van der Waals surface area contributed by atoms with E-state index in [1.54, 1.807) is 4.90 Å². The topological polar surface area (TPSA) is 69.6 Å². The summed E-state index contributed by atoms with van der Waals surface area (Å²) in [5.74, 6) is -0.662. The van der Waals surface area contributed by atoms with E-state index in [4.69, 9.17) is 5.11 Å². The van der Waals surface area contributed by atoms with Gasteiger partial charge in [0.05, 0.1) is 5.92 Å². The molecule has 5 heteroatoms. The number of urea groups is 1. The van der Waals surface area contributed by atoms with Gasteiger partial charge in [0, 0.05) is 19.1 Å². The summed E-state index contributed by atoms with van der Waals surface area (Å²) in [6.07, 6.45) is 6.10. The number of nitrogens with one attached hydrogen (secondary N) is 1. The molecule has 1 aliphatic carbocycles. The second-order valence-electron chi connectivity index (χ2n) is 5.94. The summed E-state index contributed by atoms with van der Waals surface area (Å²) in [5.41, 5.74) is 0. The number of aliphatic carboxylic acids is 1. The van der Waals surface area contributed by atoms with E-state index in [9.17, 15) is 9.59 Å². The molecule has 2 aliphatic rings. The van der Waals surface area contributed by atoms with Crippen molar-refractivity contribution in [3.8, 4) is 0 Å². The zero-order chi connectivity index (χ0) is 13.8. The molecule has 2 N–H and O–H groups in total. The molecule has 0 aromatic carbocycles. The van der Waals surface area contributed by atoms with Crippen LogP contribution in [0.3, 0.4) is 0 Å². The average molecular weight is 268 g/mol. The first-order valence-corrected chi connectivity index (χ1v) is 7.36. The highest BCUT2D eigenvalue weighted by Crippen LogP contribution is 2.24. The lowest BCUT2D eigenvalue weighted by molar-refractivity contribution is -0.143. The van der Waals surface area contributed by atoms with Crippen LogP contribution in [0.2, 0.25) is 0 Å². The number of carboxylic acids is 1. The zero-order valence-corrected chi connectivity index (χ0v) is 11.6. The van der Waals surface area contributed by atoms with E-state index in [2.05, 4.69) is 12.2 Å². The Morgan fingerprint density at radius 1 is 1.16 bits per heavy atom. The molecular weight excluding hydrogens is 244 g/mol. The number of nitrogens with zero attached hydrogens (tertiary/aromatic N) is 1. The number of hydrogen-bond donors (Lipinski definition) is 2. The van der Waals surface area contributed by atoms with Crippen molar-refractivity contribution >= 4 is 12.0 Å². The summed E-state index contributed by atoms with van der Waals surface area (Å²) in [6, 6.07) is 0.177. The van der Waals surface area contributed by atoms with Crippen LogP contribution >= 0.6 is 0 Å². The van der Waals surface area contributed by atoms with Crippen molar-refractivity contribution in [3.05, 3.63) is 0 Å². The Balaban J connectivity index is 1.86. The number of hydrogen-bond acceptors (Lipinski definition) is 2. The predicted molar refractivity (Wildman–Crippen MR) is 71.9 cm³/mol. The molecular formula is C14H24N2O3. The fourth-order valence-electron chi connectivity index (χ4n) is 3.14. The summed E-state index contributed by atoms with van der Waals surface area (Å²) in [4.78, 5) is 24.9. The molecule has 3 atom stereocenters. The summed E-state index contributed by atoms with van der Waals surface area (Å²) >= 11 is 0. The maximum atomic E-state index is 12.2. The summed E-state index contributed by atoms with van der Waals surface area (Å²) in [6.45, 7) is 3.21. The highest BCUT2D eigenvalue weighted by molar-refractivity contribution is 5.76. The molecule has 1 saturated heterocycles. The monoisotopic (exact) mass is 268 g/mol. The molecule has 1 aliphatic heterocycles. The highest BCUT2D eigenvalue weighted by Gasteiger charge is 2.30. The van der Waals surface area contributed by atoms with Gasteiger partial charge in [-0.15, -0.1) is 0 Å². The maximum Gasteiger partial charge on any atom is 0.317 e. The fraction of sp³-hybridized carbons (Fsp3) is 0.857. The molecule has 0 bridgehead atoms. The third kappa shape index (κ3) is 3.61. The Kier molecular flexibility index (Phi) is 4.66. The van der Waals surface area contributed by atoms with Crippen molar-refractivity contribution in [3.63, 3.8) is 0 Å². The van der Waals surface area contributed by atoms with Crippen LogP contribution in [0.15, 0.2) is 0 Å². The molecule has 2 unspecified atom stereocenters. The molecule has 108 valence electrons. The van der Waals surface area contributed by atoms with Crippen LogP contribution in [-0.2, 0) is 4.79 Å². The van der Waals surface area contributed by atoms with Gasteiger partial charge in [-0.3, -0.25) is 4.79 Å². The number of rotatable bonds is 2. The molecule has 0 aromatic rings. The number of carbonyl (C=O) groups is 2. The third-order valence-corrected chi connectivity index (χ3v) is 4.48. The second kappa shape index (κ2) is 6.26. The second-order valence-corrected chi connectivity index (χ2v) is 5.94. The van der Waals surface area contributed by atoms with Gasteiger partial charge in [-0.2, -0.15) is 0 Å². The van der Waals surface area contributed by atoms with Gasteiger partial charge < -0.3 is 15.3 Å². The van der Waals surface area contributed by atoms with Crippen molar-refractivity contribution in [1.82, 2.24) is 10.2 Å². The molecule has 0 aromatic heterocycles.